The van der Waals surface area contributed by atoms with E-state index in [1.807, 2.05) is 24.3 Å². The van der Waals surface area contributed by atoms with Crippen LogP contribution >= 0.6 is 23.4 Å². The van der Waals surface area contributed by atoms with E-state index in [-0.39, 0.29) is 35.7 Å². The summed E-state index contributed by atoms with van der Waals surface area (Å²) in [6.07, 6.45) is 7.33. The number of thioether (sulfide) groups is 1. The highest BCUT2D eigenvalue weighted by molar-refractivity contribution is 7.99. The first-order valence-electron chi connectivity index (χ1n) is 14.8. The molecular formula is C33H35ClN8O6S. The van der Waals surface area contributed by atoms with Crippen LogP contribution in [0.5, 0.6) is 0 Å². The van der Waals surface area contributed by atoms with Crippen LogP contribution in [0.25, 0.3) is 6.08 Å². The first kappa shape index (κ1) is 36.3. The first-order valence-corrected chi connectivity index (χ1v) is 16.4. The second-order valence-corrected chi connectivity index (χ2v) is 12.4. The Morgan fingerprint density at radius 2 is 1.24 bits per heavy atom. The van der Waals surface area contributed by atoms with Gasteiger partial charge in [0, 0.05) is 69.2 Å². The third kappa shape index (κ3) is 9.98. The van der Waals surface area contributed by atoms with Crippen LogP contribution in [0.15, 0.2) is 72.0 Å². The Balaban J connectivity index is 1.33. The molecule has 0 aliphatic carbocycles. The van der Waals surface area contributed by atoms with Crippen molar-refractivity contribution in [3.05, 3.63) is 89.8 Å². The van der Waals surface area contributed by atoms with Gasteiger partial charge in [-0.3, -0.25) is 28.8 Å². The number of nitrogens with two attached hydrogens (primary N) is 1. The van der Waals surface area contributed by atoms with E-state index in [1.54, 1.807) is 51.4 Å². The number of hydrogen-bond acceptors (Lipinski definition) is 7. The van der Waals surface area contributed by atoms with Crippen molar-refractivity contribution in [3.8, 4) is 0 Å². The van der Waals surface area contributed by atoms with Crippen LogP contribution in [0.2, 0.25) is 0 Å². The number of benzene rings is 1. The zero-order valence-corrected chi connectivity index (χ0v) is 28.5. The number of aromatic nitrogens is 3. The highest BCUT2D eigenvalue weighted by atomic mass is 35.5. The minimum Gasteiger partial charge on any atom is -0.370 e. The van der Waals surface area contributed by atoms with Gasteiger partial charge in [-0.25, -0.2) is 0 Å². The number of anilines is 3. The number of hydrogen-bond donors (Lipinski definition) is 5. The Hall–Kier alpha value is -5.54. The third-order valence-electron chi connectivity index (χ3n) is 7.02. The molecule has 0 fully saturated rings. The Bertz CT molecular complexity index is 1920. The van der Waals surface area contributed by atoms with Crippen molar-refractivity contribution in [1.29, 1.82) is 0 Å². The minimum absolute atomic E-state index is 0.000558. The predicted molar refractivity (Wildman–Crippen MR) is 189 cm³/mol. The summed E-state index contributed by atoms with van der Waals surface area (Å²) in [5, 5.41) is 10.6. The van der Waals surface area contributed by atoms with Crippen molar-refractivity contribution < 1.29 is 28.8 Å². The molecule has 16 heteroatoms. The second-order valence-electron chi connectivity index (χ2n) is 10.8. The van der Waals surface area contributed by atoms with Gasteiger partial charge >= 0.3 is 0 Å². The molecule has 3 heterocycles. The van der Waals surface area contributed by atoms with Gasteiger partial charge in [0.05, 0.1) is 17.1 Å². The summed E-state index contributed by atoms with van der Waals surface area (Å²) in [6, 6.07) is 11.9. The molecular weight excluding hydrogens is 672 g/mol. The molecule has 0 unspecified atom stereocenters. The third-order valence-corrected chi connectivity index (χ3v) is 8.45. The molecule has 0 bridgehead atoms. The van der Waals surface area contributed by atoms with Gasteiger partial charge in [0.15, 0.2) is 0 Å². The predicted octanol–water partition coefficient (Wildman–Crippen LogP) is 3.36. The van der Waals surface area contributed by atoms with Gasteiger partial charge < -0.3 is 40.7 Å². The van der Waals surface area contributed by atoms with Crippen LogP contribution in [0.3, 0.4) is 0 Å². The van der Waals surface area contributed by atoms with E-state index in [9.17, 15) is 28.8 Å². The van der Waals surface area contributed by atoms with E-state index >= 15 is 0 Å². The van der Waals surface area contributed by atoms with Gasteiger partial charge in [-0.2, -0.15) is 0 Å². The van der Waals surface area contributed by atoms with Crippen molar-refractivity contribution >= 4 is 81.8 Å². The number of halogens is 1. The summed E-state index contributed by atoms with van der Waals surface area (Å²) in [5.74, 6) is -2.28. The molecule has 6 N–H and O–H groups in total. The molecule has 0 saturated carbocycles. The van der Waals surface area contributed by atoms with Crippen molar-refractivity contribution in [3.63, 3.8) is 0 Å². The standard InChI is InChI=1S/C33H35ClN8O6S/c1-40-17-21(14-25(40)30(45)36-12-10-29(35)44)37-31(46)26-15-22(18-41(26)2)38-32(47)27-16-23(19-42(27)3)39-33(48)28(43)9-6-20-4-7-24(8-5-20)49-13-11-34/h4-9,14-19H,10-13H2,1-3H3,(H2,35,44)(H,36,45)(H,37,46)(H,38,47)(H,39,48)/b9-6+. The first-order chi connectivity index (χ1) is 23.3. The molecule has 0 aliphatic heterocycles. The molecule has 0 spiro atoms. The molecule has 4 aromatic rings. The molecule has 256 valence electrons. The quantitative estimate of drug-likeness (QED) is 0.0542. The molecule has 0 aliphatic rings. The van der Waals surface area contributed by atoms with Gasteiger partial charge in [0.2, 0.25) is 11.7 Å². The Morgan fingerprint density at radius 1 is 0.755 bits per heavy atom. The topological polar surface area (TPSA) is 191 Å². The van der Waals surface area contributed by atoms with E-state index < -0.39 is 35.3 Å². The van der Waals surface area contributed by atoms with Crippen molar-refractivity contribution in [2.24, 2.45) is 26.9 Å². The number of carbonyl (C=O) groups is 6. The lowest BCUT2D eigenvalue weighted by atomic mass is 10.2. The van der Waals surface area contributed by atoms with E-state index in [0.717, 1.165) is 16.2 Å². The molecule has 0 radical (unpaired) electrons. The molecule has 14 nitrogen and oxygen atoms in total. The molecule has 5 amide bonds. The molecule has 0 atom stereocenters. The number of rotatable bonds is 15. The number of primary amides is 1. The Labute approximate surface area is 291 Å². The lowest BCUT2D eigenvalue weighted by Crippen LogP contribution is -2.29. The summed E-state index contributed by atoms with van der Waals surface area (Å²) in [5.41, 5.74) is 7.46. The molecule has 1 aromatic carbocycles. The normalized spacial score (nSPS) is 10.9. The van der Waals surface area contributed by atoms with Gasteiger partial charge in [-0.05, 0) is 42.0 Å². The smallest absolute Gasteiger partial charge is 0.296 e. The average Bonchev–Trinajstić information content (AvgIpc) is 3.73. The summed E-state index contributed by atoms with van der Waals surface area (Å²) in [7, 11) is 4.87. The molecule has 0 saturated heterocycles. The van der Waals surface area contributed by atoms with Gasteiger partial charge in [0.1, 0.15) is 17.1 Å². The monoisotopic (exact) mass is 706 g/mol. The number of carbonyl (C=O) groups excluding carboxylic acids is 6. The minimum atomic E-state index is -0.865. The van der Waals surface area contributed by atoms with Crippen molar-refractivity contribution in [2.45, 2.75) is 11.3 Å². The van der Waals surface area contributed by atoms with Crippen molar-refractivity contribution in [1.82, 2.24) is 19.0 Å². The van der Waals surface area contributed by atoms with E-state index in [2.05, 4.69) is 21.3 Å². The maximum atomic E-state index is 13.1. The van der Waals surface area contributed by atoms with Crippen LogP contribution in [0, 0.1) is 0 Å². The fourth-order valence-corrected chi connectivity index (χ4v) is 5.50. The number of nitrogens with zero attached hydrogens (tertiary/aromatic N) is 3. The van der Waals surface area contributed by atoms with Crippen LogP contribution < -0.4 is 27.0 Å². The van der Waals surface area contributed by atoms with Gasteiger partial charge in [0.25, 0.3) is 23.6 Å². The number of alkyl halides is 1. The van der Waals surface area contributed by atoms with Crippen LogP contribution in [-0.4, -0.2) is 67.2 Å². The zero-order valence-electron chi connectivity index (χ0n) is 26.9. The second kappa shape index (κ2) is 16.5. The molecule has 49 heavy (non-hydrogen) atoms. The average molecular weight is 707 g/mol. The molecule has 3 aromatic heterocycles. The number of nitrogens with one attached hydrogen (secondary N) is 4. The van der Waals surface area contributed by atoms with Crippen molar-refractivity contribution in [2.75, 3.05) is 34.1 Å². The van der Waals surface area contributed by atoms with E-state index in [1.165, 1.54) is 44.2 Å². The maximum Gasteiger partial charge on any atom is 0.296 e. The highest BCUT2D eigenvalue weighted by Gasteiger charge is 2.19. The largest absolute Gasteiger partial charge is 0.370 e. The fourth-order valence-electron chi connectivity index (χ4n) is 4.63. The summed E-state index contributed by atoms with van der Waals surface area (Å²) in [4.78, 5) is 75.5. The lowest BCUT2D eigenvalue weighted by molar-refractivity contribution is -0.131. The summed E-state index contributed by atoms with van der Waals surface area (Å²) >= 11 is 7.33. The molecule has 4 rings (SSSR count). The number of amides is 5. The SMILES string of the molecule is Cn1cc(NC(=O)c2cc(NC(=O)c3cc(NC(=O)C(=O)/C=C/c4ccc(SCCCl)cc4)cn3C)cn2C)cc1C(=O)NCCC(N)=O. The number of ketones is 1. The van der Waals surface area contributed by atoms with Gasteiger partial charge in [-0.1, -0.05) is 18.2 Å². The Morgan fingerprint density at radius 3 is 1.73 bits per heavy atom. The lowest BCUT2D eigenvalue weighted by Gasteiger charge is -2.04. The summed E-state index contributed by atoms with van der Waals surface area (Å²) < 4.78 is 4.54. The van der Waals surface area contributed by atoms with Gasteiger partial charge in [-0.15, -0.1) is 23.4 Å². The van der Waals surface area contributed by atoms with E-state index in [0.29, 0.717) is 17.3 Å². The van der Waals surface area contributed by atoms with E-state index in [4.69, 9.17) is 17.3 Å². The van der Waals surface area contributed by atoms with Crippen LogP contribution in [-0.2, 0) is 35.5 Å². The maximum absolute atomic E-state index is 13.1. The Kier molecular flexibility index (Phi) is 12.2. The van der Waals surface area contributed by atoms with Crippen LogP contribution in [0.1, 0.15) is 43.4 Å². The van der Waals surface area contributed by atoms with Crippen LogP contribution in [0.4, 0.5) is 17.1 Å². The number of aryl methyl sites for hydroxylation is 3. The zero-order chi connectivity index (χ0) is 35.7. The highest BCUT2D eigenvalue weighted by Crippen LogP contribution is 2.21. The summed E-state index contributed by atoms with van der Waals surface area (Å²) in [6.45, 7) is 0.0843. The fraction of sp³-hybridized carbons (Fsp3) is 0.212.